The van der Waals surface area contributed by atoms with Gasteiger partial charge in [0.15, 0.2) is 11.6 Å². The molecule has 10 atom stereocenters. The zero-order chi connectivity index (χ0) is 67.1. The van der Waals surface area contributed by atoms with Crippen molar-refractivity contribution in [3.8, 4) is 0 Å². The van der Waals surface area contributed by atoms with Crippen LogP contribution in [-0.2, 0) is 70.1 Å². The molecule has 21 nitrogen and oxygen atoms in total. The Kier molecular flexibility index (Phi) is 27.2. The number of Topliss-reactive ketones (excluding diaryl/α,β-unsaturated/α-hetero) is 3. The number of esters is 2. The summed E-state index contributed by atoms with van der Waals surface area (Å²) in [6.07, 6.45) is 5.14. The van der Waals surface area contributed by atoms with Gasteiger partial charge in [0.2, 0.25) is 11.8 Å². The van der Waals surface area contributed by atoms with Gasteiger partial charge in [-0.05, 0) is 106 Å². The average Bonchev–Trinajstić information content (AvgIpc) is 1.58. The number of methoxy groups -OCH3 is 1. The predicted molar refractivity (Wildman–Crippen MR) is 350 cm³/mol. The fourth-order valence-electron chi connectivity index (χ4n) is 12.2. The number of alkyl halides is 1. The highest BCUT2D eigenvalue weighted by atomic mass is 79.9. The molecule has 0 saturated carbocycles. The van der Waals surface area contributed by atoms with Gasteiger partial charge >= 0.3 is 18.0 Å². The number of allylic oxidation sites excluding steroid dienone is 4. The molecule has 2 aromatic carbocycles. The van der Waals surface area contributed by atoms with E-state index < -0.39 is 95.2 Å². The first-order valence-electron chi connectivity index (χ1n) is 31.6. The number of epoxide rings is 1. The van der Waals surface area contributed by atoms with Crippen LogP contribution in [0.1, 0.15) is 146 Å². The quantitative estimate of drug-likeness (QED) is 0.0215. The van der Waals surface area contributed by atoms with Gasteiger partial charge in [-0.25, -0.2) is 9.59 Å². The highest BCUT2D eigenvalue weighted by Gasteiger charge is 2.64. The van der Waals surface area contributed by atoms with Crippen LogP contribution in [0.15, 0.2) is 66.3 Å². The van der Waals surface area contributed by atoms with Crippen molar-refractivity contribution in [1.82, 2.24) is 15.5 Å². The minimum Gasteiger partial charge on any atom is -0.462 e. The minimum atomic E-state index is -1.65. The maximum Gasteiger partial charge on any atom is 0.328 e. The van der Waals surface area contributed by atoms with Gasteiger partial charge < -0.3 is 59.9 Å². The zero-order valence-electron chi connectivity index (χ0n) is 54.5. The third kappa shape index (κ3) is 19.9. The van der Waals surface area contributed by atoms with Crippen LogP contribution in [0.5, 0.6) is 0 Å². The summed E-state index contributed by atoms with van der Waals surface area (Å²) in [5.41, 5.74) is 7.18. The van der Waals surface area contributed by atoms with E-state index in [1.165, 1.54) is 30.9 Å². The fourth-order valence-corrected chi connectivity index (χ4v) is 12.8. The van der Waals surface area contributed by atoms with E-state index in [0.29, 0.717) is 84.9 Å². The van der Waals surface area contributed by atoms with Crippen molar-refractivity contribution in [3.63, 3.8) is 0 Å². The van der Waals surface area contributed by atoms with Crippen molar-refractivity contribution < 1.29 is 71.9 Å². The van der Waals surface area contributed by atoms with Gasteiger partial charge in [0.05, 0.1) is 48.9 Å². The molecule has 4 bridgehead atoms. The number of anilines is 2. The molecule has 3 fully saturated rings. The van der Waals surface area contributed by atoms with Crippen LogP contribution in [0, 0.1) is 24.7 Å². The second-order valence-corrected chi connectivity index (χ2v) is 26.4. The van der Waals surface area contributed by atoms with E-state index in [1.54, 1.807) is 51.2 Å². The van der Waals surface area contributed by atoms with Gasteiger partial charge in [0.25, 0.3) is 5.91 Å². The Balaban J connectivity index is 1.22. The van der Waals surface area contributed by atoms with Crippen LogP contribution in [-0.4, -0.2) is 170 Å². The first-order valence-corrected chi connectivity index (χ1v) is 33.1. The molecule has 4 aliphatic rings. The number of urea groups is 1. The van der Waals surface area contributed by atoms with Crippen molar-refractivity contribution >= 4 is 91.9 Å². The summed E-state index contributed by atoms with van der Waals surface area (Å²) in [6, 6.07) is 5.66. The lowest BCUT2D eigenvalue weighted by Gasteiger charge is -2.41. The normalized spacial score (nSPS) is 24.7. The van der Waals surface area contributed by atoms with E-state index in [-0.39, 0.29) is 86.7 Å². The van der Waals surface area contributed by atoms with E-state index in [1.807, 2.05) is 50.8 Å². The molecule has 91 heavy (non-hydrogen) atoms. The molecule has 5 N–H and O–H groups in total. The van der Waals surface area contributed by atoms with Gasteiger partial charge in [-0.1, -0.05) is 104 Å². The number of amides is 5. The van der Waals surface area contributed by atoms with Gasteiger partial charge in [-0.2, -0.15) is 0 Å². The Bertz CT molecular complexity index is 3080. The smallest absolute Gasteiger partial charge is 0.328 e. The molecule has 5 amide bonds. The SMILES string of the molecule is C=C(CBr)C(=O)CCCCCCC(=O)C[C@H](C(=O)N[C@@H](CCCNC(N)=O)C(=O)Cc1ccc(C(=O)N(C)[C@@H](C)C(=O)O[C@H]2CC(=O)N(C)c3cc(cc(C)c3Cl)C/C(C)=C/C=C/[C@@H](OC)[C@]3(O)CC(=O)O[C@@H](C3)[C@@H](C)[C@@H]3O[C@@]23C)cc1N1CCOCC1)C(C)C. The van der Waals surface area contributed by atoms with E-state index in [2.05, 4.69) is 33.1 Å². The lowest BCUT2D eigenvalue weighted by molar-refractivity contribution is -0.187. The first kappa shape index (κ1) is 73.7. The molecule has 500 valence electrons. The number of ether oxygens (including phenoxy) is 5. The van der Waals surface area contributed by atoms with Gasteiger partial charge in [0.1, 0.15) is 41.3 Å². The number of nitrogens with two attached hydrogens (primary N) is 1. The first-order chi connectivity index (χ1) is 43.0. The molecule has 0 spiro atoms. The molecule has 4 aliphatic heterocycles. The molecule has 0 aromatic heterocycles. The number of unbranched alkanes of at least 4 members (excludes halogenated alkanes) is 3. The Morgan fingerprint density at radius 1 is 0.989 bits per heavy atom. The number of fused-ring (bicyclic) bond motifs is 5. The summed E-state index contributed by atoms with van der Waals surface area (Å²) >= 11 is 10.2. The molecule has 0 aliphatic carbocycles. The van der Waals surface area contributed by atoms with Crippen LogP contribution in [0.4, 0.5) is 16.2 Å². The summed E-state index contributed by atoms with van der Waals surface area (Å²) in [5.74, 6) is -4.93. The summed E-state index contributed by atoms with van der Waals surface area (Å²) in [4.78, 5) is 128. The van der Waals surface area contributed by atoms with Crippen LogP contribution in [0.25, 0.3) is 0 Å². The monoisotopic (exact) mass is 1350 g/mol. The largest absolute Gasteiger partial charge is 0.462 e. The number of carbonyl (C=O) groups excluding carboxylic acids is 9. The van der Waals surface area contributed by atoms with Gasteiger partial charge in [-0.3, -0.25) is 33.6 Å². The number of hydrogen-bond donors (Lipinski definition) is 4. The van der Waals surface area contributed by atoms with Gasteiger partial charge in [0, 0.05) is 101 Å². The maximum absolute atomic E-state index is 14.7. The second-order valence-electron chi connectivity index (χ2n) is 25.5. The number of rotatable bonds is 27. The number of aryl methyl sites for hydroxylation is 1. The summed E-state index contributed by atoms with van der Waals surface area (Å²) in [6.45, 7) is 18.0. The molecule has 6 rings (SSSR count). The van der Waals surface area contributed by atoms with E-state index in [4.69, 9.17) is 41.0 Å². The topological polar surface area (TPSA) is 283 Å². The molecule has 0 unspecified atom stereocenters. The van der Waals surface area contributed by atoms with E-state index in [9.17, 15) is 48.3 Å². The number of aliphatic hydroxyl groups is 1. The molecular formula is C68H94BrClN6O15. The lowest BCUT2D eigenvalue weighted by atomic mass is 9.78. The highest BCUT2D eigenvalue weighted by Crippen LogP contribution is 2.50. The Morgan fingerprint density at radius 3 is 2.34 bits per heavy atom. The van der Waals surface area contributed by atoms with Crippen LogP contribution < -0.4 is 26.2 Å². The summed E-state index contributed by atoms with van der Waals surface area (Å²) < 4.78 is 30.1. The van der Waals surface area contributed by atoms with E-state index in [0.717, 1.165) is 29.5 Å². The number of halogens is 2. The third-order valence-corrected chi connectivity index (χ3v) is 19.3. The van der Waals surface area contributed by atoms with E-state index >= 15 is 0 Å². The van der Waals surface area contributed by atoms with Crippen LogP contribution >= 0.6 is 27.5 Å². The number of primary amides is 1. The second kappa shape index (κ2) is 33.5. The van der Waals surface area contributed by atoms with Crippen molar-refractivity contribution in [3.05, 3.63) is 93.6 Å². The molecule has 0 radical (unpaired) electrons. The molecule has 23 heteroatoms. The Hall–Kier alpha value is -6.30. The number of hydrogen-bond acceptors (Lipinski definition) is 16. The van der Waals surface area contributed by atoms with Crippen LogP contribution in [0.3, 0.4) is 0 Å². The average molecular weight is 1350 g/mol. The van der Waals surface area contributed by atoms with Crippen LogP contribution in [0.2, 0.25) is 5.02 Å². The van der Waals surface area contributed by atoms with Crippen molar-refractivity contribution in [2.45, 2.75) is 186 Å². The number of benzene rings is 2. The molecule has 3 saturated heterocycles. The Morgan fingerprint density at radius 2 is 1.68 bits per heavy atom. The predicted octanol–water partition coefficient (Wildman–Crippen LogP) is 8.35. The number of nitrogens with one attached hydrogen (secondary N) is 2. The maximum atomic E-state index is 14.7. The lowest BCUT2D eigenvalue weighted by Crippen LogP contribution is -2.53. The number of ketones is 3. The minimum absolute atomic E-state index is 0.00392. The number of likely N-dealkylation sites (N-methyl/N-ethyl adjacent to an activating group) is 1. The fraction of sp³-hybridized carbons (Fsp3) is 0.603. The number of nitrogens with zero attached hydrogens (tertiary/aromatic N) is 3. The van der Waals surface area contributed by atoms with Gasteiger partial charge in [-0.15, -0.1) is 0 Å². The highest BCUT2D eigenvalue weighted by molar-refractivity contribution is 9.09. The summed E-state index contributed by atoms with van der Waals surface area (Å²) in [7, 11) is 4.50. The Labute approximate surface area is 549 Å². The third-order valence-electron chi connectivity index (χ3n) is 18.2. The molecular weight excluding hydrogens is 1260 g/mol. The van der Waals surface area contributed by atoms with Crippen molar-refractivity contribution in [2.24, 2.45) is 23.5 Å². The molecule has 4 heterocycles. The van der Waals surface area contributed by atoms with Crippen molar-refractivity contribution in [2.75, 3.05) is 69.2 Å². The zero-order valence-corrected chi connectivity index (χ0v) is 56.8. The standard InChI is InChI=1S/C68H94BrClN6O15/c1-40(2)50(35-49(77)19-14-12-13-15-21-54(78)43(5)39-69)63(82)73-51(20-17-25-72-66(71)85)55(79)34-47-23-24-48(33-52(47)76-26-28-88-29-27-76)64(83)74(9)45(7)65(84)90-58-36-59(80)75(10)53-32-46(31-42(4)61(53)70)30-41(3)18-16-22-57(87-11)68(86)37-56(89-60(81)38-68)44(6)62-67(58,8)91-62/h16,18,22-24,31-33,40,44-45,50-51,56-58,62,86H,5,12-15,17,19-21,25-30,34-39H2,1-4,6-11H3,(H,73,82)(H3,71,72,85)/b22-16+,41-18+/t44-,45+,50+,51+,56+,57-,58+,62+,67+,68-/m1/s1. The number of morpholine rings is 1. The van der Waals surface area contributed by atoms with Crippen molar-refractivity contribution in [1.29, 1.82) is 0 Å². The number of carbonyl (C=O) groups is 9. The summed E-state index contributed by atoms with van der Waals surface area (Å²) in [5, 5.41) is 18.4. The molecule has 2 aromatic rings.